The van der Waals surface area contributed by atoms with Crippen LogP contribution < -0.4 is 4.90 Å². The maximum atomic E-state index is 11.7. The number of carboxylic acids is 1. The standard InChI is InChI=1S/C15H13ClN6O2/c16-9-1-2-12(17-5-9)10-6-21(7-11(10)15(23)24)14-4-3-13-19-18-8-22(13)20-14/h1-5,8,10-11H,6-7H2,(H,23,24)/t10?,11-/m1/s1. The molecule has 0 spiro atoms. The second-order valence-electron chi connectivity index (χ2n) is 5.68. The van der Waals surface area contributed by atoms with Gasteiger partial charge in [-0.1, -0.05) is 11.6 Å². The van der Waals surface area contributed by atoms with Crippen LogP contribution in [0.2, 0.25) is 5.02 Å². The number of anilines is 1. The highest BCUT2D eigenvalue weighted by atomic mass is 35.5. The van der Waals surface area contributed by atoms with E-state index in [0.717, 1.165) is 5.69 Å². The second-order valence-corrected chi connectivity index (χ2v) is 6.12. The summed E-state index contributed by atoms with van der Waals surface area (Å²) in [6, 6.07) is 7.13. The van der Waals surface area contributed by atoms with E-state index in [-0.39, 0.29) is 5.92 Å². The first kappa shape index (κ1) is 14.8. The fourth-order valence-electron chi connectivity index (χ4n) is 3.03. The number of rotatable bonds is 3. The fourth-order valence-corrected chi connectivity index (χ4v) is 3.15. The van der Waals surface area contributed by atoms with Crippen molar-refractivity contribution in [2.24, 2.45) is 5.92 Å². The molecule has 3 aromatic rings. The number of halogens is 1. The van der Waals surface area contributed by atoms with Crippen molar-refractivity contribution in [3.63, 3.8) is 0 Å². The third kappa shape index (κ3) is 2.54. The van der Waals surface area contributed by atoms with Gasteiger partial charge in [0.1, 0.15) is 12.1 Å². The van der Waals surface area contributed by atoms with Crippen molar-refractivity contribution in [3.05, 3.63) is 47.5 Å². The van der Waals surface area contributed by atoms with E-state index in [1.807, 2.05) is 11.0 Å². The summed E-state index contributed by atoms with van der Waals surface area (Å²) in [5.41, 5.74) is 1.36. The SMILES string of the molecule is O=C(O)[C@@H]1CN(c2ccc3nncn3n2)CC1c1ccc(Cl)cn1. The number of nitrogens with zero attached hydrogens (tertiary/aromatic N) is 6. The predicted octanol–water partition coefficient (Wildman–Crippen LogP) is 1.48. The monoisotopic (exact) mass is 344 g/mol. The molecule has 3 aromatic heterocycles. The summed E-state index contributed by atoms with van der Waals surface area (Å²) in [5, 5.41) is 22.3. The lowest BCUT2D eigenvalue weighted by atomic mass is 9.93. The Morgan fingerprint density at radius 1 is 1.25 bits per heavy atom. The van der Waals surface area contributed by atoms with Crippen LogP contribution in [0.4, 0.5) is 5.82 Å². The van der Waals surface area contributed by atoms with Crippen molar-refractivity contribution >= 4 is 29.0 Å². The highest BCUT2D eigenvalue weighted by Gasteiger charge is 2.40. The molecular formula is C15H13ClN6O2. The zero-order valence-corrected chi connectivity index (χ0v) is 13.2. The van der Waals surface area contributed by atoms with E-state index in [4.69, 9.17) is 11.6 Å². The van der Waals surface area contributed by atoms with Gasteiger partial charge in [0.15, 0.2) is 5.65 Å². The van der Waals surface area contributed by atoms with Gasteiger partial charge < -0.3 is 10.0 Å². The molecule has 2 atom stereocenters. The molecule has 4 heterocycles. The molecule has 8 nitrogen and oxygen atoms in total. The summed E-state index contributed by atoms with van der Waals surface area (Å²) >= 11 is 5.87. The Hall–Kier alpha value is -2.74. The van der Waals surface area contributed by atoms with E-state index in [2.05, 4.69) is 20.3 Å². The number of aliphatic carboxylic acids is 1. The molecule has 9 heteroatoms. The van der Waals surface area contributed by atoms with Crippen molar-refractivity contribution in [3.8, 4) is 0 Å². The summed E-state index contributed by atoms with van der Waals surface area (Å²) in [6.45, 7) is 0.886. The Morgan fingerprint density at radius 2 is 2.12 bits per heavy atom. The van der Waals surface area contributed by atoms with Crippen LogP contribution in [-0.2, 0) is 4.79 Å². The first-order valence-corrected chi connectivity index (χ1v) is 7.76. The van der Waals surface area contributed by atoms with Crippen molar-refractivity contribution in [2.75, 3.05) is 18.0 Å². The van der Waals surface area contributed by atoms with Gasteiger partial charge in [-0.05, 0) is 24.3 Å². The Balaban J connectivity index is 1.66. The molecule has 122 valence electrons. The summed E-state index contributed by atoms with van der Waals surface area (Å²) < 4.78 is 1.57. The summed E-state index contributed by atoms with van der Waals surface area (Å²) in [7, 11) is 0. The van der Waals surface area contributed by atoms with Crippen LogP contribution in [0, 0.1) is 5.92 Å². The van der Waals surface area contributed by atoms with Crippen LogP contribution in [0.3, 0.4) is 0 Å². The molecule has 1 fully saturated rings. The molecule has 0 radical (unpaired) electrons. The highest BCUT2D eigenvalue weighted by molar-refractivity contribution is 6.30. The molecule has 1 aliphatic heterocycles. The van der Waals surface area contributed by atoms with E-state index in [9.17, 15) is 9.90 Å². The molecule has 24 heavy (non-hydrogen) atoms. The van der Waals surface area contributed by atoms with Gasteiger partial charge in [0, 0.05) is 30.9 Å². The number of hydrogen-bond donors (Lipinski definition) is 1. The van der Waals surface area contributed by atoms with Crippen molar-refractivity contribution in [1.29, 1.82) is 0 Å². The van der Waals surface area contributed by atoms with Gasteiger partial charge in [0.25, 0.3) is 0 Å². The number of hydrogen-bond acceptors (Lipinski definition) is 6. The van der Waals surface area contributed by atoms with E-state index in [1.54, 1.807) is 28.9 Å². The van der Waals surface area contributed by atoms with Crippen molar-refractivity contribution in [2.45, 2.75) is 5.92 Å². The van der Waals surface area contributed by atoms with E-state index in [1.165, 1.54) is 6.33 Å². The Bertz CT molecular complexity index is 896. The van der Waals surface area contributed by atoms with E-state index >= 15 is 0 Å². The van der Waals surface area contributed by atoms with Crippen molar-refractivity contribution in [1.82, 2.24) is 24.8 Å². The van der Waals surface area contributed by atoms with Gasteiger partial charge in [-0.2, -0.15) is 4.52 Å². The van der Waals surface area contributed by atoms with Crippen LogP contribution in [0.25, 0.3) is 5.65 Å². The van der Waals surface area contributed by atoms with Gasteiger partial charge in [0.05, 0.1) is 10.9 Å². The quantitative estimate of drug-likeness (QED) is 0.768. The fraction of sp³-hybridized carbons (Fsp3) is 0.267. The molecule has 1 N–H and O–H groups in total. The Kier molecular flexibility index (Phi) is 3.53. The van der Waals surface area contributed by atoms with Crippen LogP contribution in [0.1, 0.15) is 11.6 Å². The molecule has 1 unspecified atom stereocenters. The maximum Gasteiger partial charge on any atom is 0.309 e. The number of pyridine rings is 1. The minimum absolute atomic E-state index is 0.224. The average molecular weight is 345 g/mol. The first-order chi connectivity index (χ1) is 11.6. The predicted molar refractivity (Wildman–Crippen MR) is 86.1 cm³/mol. The summed E-state index contributed by atoms with van der Waals surface area (Å²) in [5.74, 6) is -0.940. The minimum atomic E-state index is -0.843. The van der Waals surface area contributed by atoms with Crippen molar-refractivity contribution < 1.29 is 9.90 Å². The number of carboxylic acid groups (broad SMARTS) is 1. The van der Waals surface area contributed by atoms with Crippen LogP contribution in [0.15, 0.2) is 36.8 Å². The maximum absolute atomic E-state index is 11.7. The van der Waals surface area contributed by atoms with Gasteiger partial charge in [-0.25, -0.2) is 0 Å². The molecule has 4 rings (SSSR count). The molecule has 0 aromatic carbocycles. The third-order valence-electron chi connectivity index (χ3n) is 4.24. The molecular weight excluding hydrogens is 332 g/mol. The van der Waals surface area contributed by atoms with Crippen LogP contribution in [-0.4, -0.2) is 49.0 Å². The Labute approximate surface area is 141 Å². The van der Waals surface area contributed by atoms with E-state index < -0.39 is 11.9 Å². The largest absolute Gasteiger partial charge is 0.481 e. The lowest BCUT2D eigenvalue weighted by Gasteiger charge is -2.16. The number of aromatic nitrogens is 5. The lowest BCUT2D eigenvalue weighted by Crippen LogP contribution is -2.24. The zero-order chi connectivity index (χ0) is 16.7. The average Bonchev–Trinajstić information content (AvgIpc) is 3.21. The Morgan fingerprint density at radius 3 is 2.88 bits per heavy atom. The summed E-state index contributed by atoms with van der Waals surface area (Å²) in [4.78, 5) is 17.9. The first-order valence-electron chi connectivity index (χ1n) is 7.38. The molecule has 0 bridgehead atoms. The molecule has 0 amide bonds. The highest BCUT2D eigenvalue weighted by Crippen LogP contribution is 2.34. The minimum Gasteiger partial charge on any atom is -0.481 e. The molecule has 0 saturated carbocycles. The van der Waals surface area contributed by atoms with Gasteiger partial charge in [0.2, 0.25) is 0 Å². The molecule has 1 saturated heterocycles. The molecule has 0 aliphatic carbocycles. The lowest BCUT2D eigenvalue weighted by molar-refractivity contribution is -0.141. The van der Waals surface area contributed by atoms with Crippen LogP contribution in [0.5, 0.6) is 0 Å². The smallest absolute Gasteiger partial charge is 0.309 e. The van der Waals surface area contributed by atoms with E-state index in [0.29, 0.717) is 29.6 Å². The third-order valence-corrected chi connectivity index (χ3v) is 4.46. The van der Waals surface area contributed by atoms with Gasteiger partial charge >= 0.3 is 5.97 Å². The van der Waals surface area contributed by atoms with Gasteiger partial charge in [-0.3, -0.25) is 9.78 Å². The zero-order valence-electron chi connectivity index (χ0n) is 12.4. The second kappa shape index (κ2) is 5.72. The number of carbonyl (C=O) groups is 1. The topological polar surface area (TPSA) is 96.5 Å². The van der Waals surface area contributed by atoms with Gasteiger partial charge in [-0.15, -0.1) is 15.3 Å². The molecule has 1 aliphatic rings. The van der Waals surface area contributed by atoms with Crippen LogP contribution >= 0.6 is 11.6 Å². The number of fused-ring (bicyclic) bond motifs is 1. The summed E-state index contributed by atoms with van der Waals surface area (Å²) in [6.07, 6.45) is 3.06. The normalized spacial score (nSPS) is 20.6.